The largest absolute Gasteiger partial charge is 0.441 e. The highest BCUT2D eigenvalue weighted by molar-refractivity contribution is 5.77. The first kappa shape index (κ1) is 11.6. The van der Waals surface area contributed by atoms with Gasteiger partial charge >= 0.3 is 0 Å². The molecule has 0 saturated heterocycles. The molecule has 0 radical (unpaired) electrons. The molecule has 3 heteroatoms. The molecule has 1 aromatic heterocycles. The lowest BCUT2D eigenvalue weighted by molar-refractivity contribution is 0.373. The molecule has 1 heterocycles. The van der Waals surface area contributed by atoms with Crippen LogP contribution in [0.5, 0.6) is 0 Å². The molecule has 1 saturated carbocycles. The van der Waals surface area contributed by atoms with Gasteiger partial charge in [0.15, 0.2) is 11.5 Å². The van der Waals surface area contributed by atoms with Gasteiger partial charge in [-0.1, -0.05) is 19.3 Å². The van der Waals surface area contributed by atoms with Gasteiger partial charge in [-0.2, -0.15) is 0 Å². The van der Waals surface area contributed by atoms with E-state index in [-0.39, 0.29) is 0 Å². The van der Waals surface area contributed by atoms with Crippen LogP contribution in [-0.2, 0) is 0 Å². The summed E-state index contributed by atoms with van der Waals surface area (Å²) in [6.07, 6.45) is 6.96. The lowest BCUT2D eigenvalue weighted by Crippen LogP contribution is -2.16. The van der Waals surface area contributed by atoms with Crippen molar-refractivity contribution < 1.29 is 4.42 Å². The van der Waals surface area contributed by atoms with E-state index in [0.29, 0.717) is 0 Å². The smallest absolute Gasteiger partial charge is 0.192 e. The Kier molecular flexibility index (Phi) is 3.22. The maximum Gasteiger partial charge on any atom is 0.192 e. The molecule has 0 bridgehead atoms. The van der Waals surface area contributed by atoms with Crippen LogP contribution in [0.1, 0.15) is 38.0 Å². The van der Waals surface area contributed by atoms with E-state index in [4.69, 9.17) is 4.42 Å². The van der Waals surface area contributed by atoms with E-state index in [1.54, 1.807) is 0 Å². The number of hydrogen-bond donors (Lipinski definition) is 1. The van der Waals surface area contributed by atoms with E-state index < -0.39 is 0 Å². The van der Waals surface area contributed by atoms with Gasteiger partial charge in [0.05, 0.1) is 0 Å². The molecule has 18 heavy (non-hydrogen) atoms. The van der Waals surface area contributed by atoms with Crippen LogP contribution in [0, 0.1) is 12.8 Å². The van der Waals surface area contributed by atoms with Crippen molar-refractivity contribution in [2.24, 2.45) is 5.92 Å². The fourth-order valence-electron chi connectivity index (χ4n) is 2.81. The van der Waals surface area contributed by atoms with E-state index >= 15 is 0 Å². The molecule has 0 amide bonds. The third-order valence-electron chi connectivity index (χ3n) is 3.81. The summed E-state index contributed by atoms with van der Waals surface area (Å²) >= 11 is 0. The fourth-order valence-corrected chi connectivity index (χ4v) is 2.81. The van der Waals surface area contributed by atoms with Gasteiger partial charge in [0.1, 0.15) is 5.52 Å². The minimum atomic E-state index is 0.731. The molecule has 3 nitrogen and oxygen atoms in total. The van der Waals surface area contributed by atoms with E-state index in [1.165, 1.54) is 32.1 Å². The number of nitrogens with one attached hydrogen (secondary N) is 1. The number of fused-ring (bicyclic) bond motifs is 1. The van der Waals surface area contributed by atoms with E-state index in [0.717, 1.165) is 35.1 Å². The number of aryl methyl sites for hydroxylation is 1. The first-order valence-corrected chi connectivity index (χ1v) is 6.92. The summed E-state index contributed by atoms with van der Waals surface area (Å²) in [7, 11) is 0. The number of aromatic nitrogens is 1. The van der Waals surface area contributed by atoms with Gasteiger partial charge in [-0.25, -0.2) is 4.98 Å². The Morgan fingerprint density at radius 3 is 2.94 bits per heavy atom. The van der Waals surface area contributed by atoms with Crippen LogP contribution < -0.4 is 5.32 Å². The zero-order chi connectivity index (χ0) is 12.4. The Labute approximate surface area is 108 Å². The molecule has 0 unspecified atom stereocenters. The van der Waals surface area contributed by atoms with Crippen LogP contribution in [0.15, 0.2) is 22.6 Å². The molecule has 1 fully saturated rings. The van der Waals surface area contributed by atoms with Gasteiger partial charge in [-0.05, 0) is 37.0 Å². The standard InChI is InChI=1S/C15H20N2O/c1-11-17-14-9-13(7-8-15(14)18-11)16-10-12-5-3-2-4-6-12/h7-9,12,16H,2-6,10H2,1H3. The van der Waals surface area contributed by atoms with Crippen molar-refractivity contribution >= 4 is 16.8 Å². The lowest BCUT2D eigenvalue weighted by Gasteiger charge is -2.22. The van der Waals surface area contributed by atoms with Gasteiger partial charge in [0.25, 0.3) is 0 Å². The molecule has 2 aromatic rings. The summed E-state index contributed by atoms with van der Waals surface area (Å²) in [6, 6.07) is 6.16. The second-order valence-corrected chi connectivity index (χ2v) is 5.30. The minimum absolute atomic E-state index is 0.731. The minimum Gasteiger partial charge on any atom is -0.441 e. The van der Waals surface area contributed by atoms with Gasteiger partial charge in [0, 0.05) is 19.2 Å². The normalized spacial score (nSPS) is 17.2. The van der Waals surface area contributed by atoms with Crippen molar-refractivity contribution in [1.29, 1.82) is 0 Å². The van der Waals surface area contributed by atoms with Crippen molar-refractivity contribution in [3.05, 3.63) is 24.1 Å². The first-order valence-electron chi connectivity index (χ1n) is 6.92. The van der Waals surface area contributed by atoms with Crippen molar-refractivity contribution in [1.82, 2.24) is 4.98 Å². The zero-order valence-corrected chi connectivity index (χ0v) is 10.9. The Hall–Kier alpha value is -1.51. The number of anilines is 1. The molecule has 1 N–H and O–H groups in total. The number of nitrogens with zero attached hydrogens (tertiary/aromatic N) is 1. The number of hydrogen-bond acceptors (Lipinski definition) is 3. The summed E-state index contributed by atoms with van der Waals surface area (Å²) < 4.78 is 5.48. The molecule has 96 valence electrons. The lowest BCUT2D eigenvalue weighted by atomic mass is 9.89. The molecular formula is C15H20N2O. The van der Waals surface area contributed by atoms with Crippen LogP contribution in [0.4, 0.5) is 5.69 Å². The van der Waals surface area contributed by atoms with E-state index in [9.17, 15) is 0 Å². The second-order valence-electron chi connectivity index (χ2n) is 5.30. The molecule has 0 atom stereocenters. The first-order chi connectivity index (χ1) is 8.81. The highest BCUT2D eigenvalue weighted by Crippen LogP contribution is 2.25. The summed E-state index contributed by atoms with van der Waals surface area (Å²) in [5, 5.41) is 3.53. The third kappa shape index (κ3) is 2.50. The second kappa shape index (κ2) is 5.01. The maximum absolute atomic E-state index is 5.48. The van der Waals surface area contributed by atoms with Crippen molar-refractivity contribution in [2.75, 3.05) is 11.9 Å². The molecular weight excluding hydrogens is 224 g/mol. The highest BCUT2D eigenvalue weighted by atomic mass is 16.3. The van der Waals surface area contributed by atoms with Crippen LogP contribution in [-0.4, -0.2) is 11.5 Å². The molecule has 1 aliphatic rings. The predicted molar refractivity (Wildman–Crippen MR) is 73.8 cm³/mol. The predicted octanol–water partition coefficient (Wildman–Crippen LogP) is 4.13. The van der Waals surface area contributed by atoms with Crippen molar-refractivity contribution in [3.63, 3.8) is 0 Å². The van der Waals surface area contributed by atoms with Crippen LogP contribution in [0.3, 0.4) is 0 Å². The van der Waals surface area contributed by atoms with Crippen LogP contribution in [0.25, 0.3) is 11.1 Å². The van der Waals surface area contributed by atoms with Crippen LogP contribution >= 0.6 is 0 Å². The average Bonchev–Trinajstić information content (AvgIpc) is 2.77. The Morgan fingerprint density at radius 2 is 2.11 bits per heavy atom. The van der Waals surface area contributed by atoms with Gasteiger partial charge in [-0.15, -0.1) is 0 Å². The summed E-state index contributed by atoms with van der Waals surface area (Å²) in [4.78, 5) is 4.36. The Morgan fingerprint density at radius 1 is 1.28 bits per heavy atom. The quantitative estimate of drug-likeness (QED) is 0.882. The van der Waals surface area contributed by atoms with Gasteiger partial charge in [0.2, 0.25) is 0 Å². The number of benzene rings is 1. The summed E-state index contributed by atoms with van der Waals surface area (Å²) in [5.41, 5.74) is 2.97. The Balaban J connectivity index is 1.66. The molecule has 1 aliphatic carbocycles. The summed E-state index contributed by atoms with van der Waals surface area (Å²) in [6.45, 7) is 2.97. The van der Waals surface area contributed by atoms with Crippen molar-refractivity contribution in [3.8, 4) is 0 Å². The highest BCUT2D eigenvalue weighted by Gasteiger charge is 2.13. The molecule has 1 aromatic carbocycles. The number of rotatable bonds is 3. The van der Waals surface area contributed by atoms with Crippen molar-refractivity contribution in [2.45, 2.75) is 39.0 Å². The fraction of sp³-hybridized carbons (Fsp3) is 0.533. The molecule has 0 aliphatic heterocycles. The van der Waals surface area contributed by atoms with E-state index in [2.05, 4.69) is 22.4 Å². The monoisotopic (exact) mass is 244 g/mol. The third-order valence-corrected chi connectivity index (χ3v) is 3.81. The van der Waals surface area contributed by atoms with Gasteiger partial charge in [-0.3, -0.25) is 0 Å². The Bertz CT molecular complexity index is 526. The average molecular weight is 244 g/mol. The molecule has 0 spiro atoms. The SMILES string of the molecule is Cc1nc2cc(NCC3CCCCC3)ccc2o1. The molecule has 3 rings (SSSR count). The van der Waals surface area contributed by atoms with E-state index in [1.807, 2.05) is 13.0 Å². The number of oxazole rings is 1. The van der Waals surface area contributed by atoms with Crippen LogP contribution in [0.2, 0.25) is 0 Å². The maximum atomic E-state index is 5.48. The zero-order valence-electron chi connectivity index (χ0n) is 10.9. The summed E-state index contributed by atoms with van der Waals surface area (Å²) in [5.74, 6) is 1.57. The topological polar surface area (TPSA) is 38.1 Å². The van der Waals surface area contributed by atoms with Gasteiger partial charge < -0.3 is 9.73 Å².